The largest absolute Gasteiger partial charge is 0.494 e. The minimum Gasteiger partial charge on any atom is -0.494 e. The van der Waals surface area contributed by atoms with E-state index in [0.29, 0.717) is 25.3 Å². The van der Waals surface area contributed by atoms with Crippen LogP contribution in [-0.2, 0) is 11.2 Å². The zero-order valence-corrected chi connectivity index (χ0v) is 20.4. The number of carbonyl (C=O) groups is 1. The molecule has 0 aliphatic carbocycles. The molecule has 3 aromatic rings. The first-order valence-electron chi connectivity index (χ1n) is 12.3. The summed E-state index contributed by atoms with van der Waals surface area (Å²) >= 11 is 0. The first-order valence-corrected chi connectivity index (χ1v) is 12.3. The van der Waals surface area contributed by atoms with Crippen molar-refractivity contribution in [2.45, 2.75) is 44.6 Å². The number of benzene rings is 2. The molecule has 0 saturated carbocycles. The van der Waals surface area contributed by atoms with Crippen molar-refractivity contribution in [3.63, 3.8) is 0 Å². The summed E-state index contributed by atoms with van der Waals surface area (Å²) < 4.78 is 7.11. The Morgan fingerprint density at radius 3 is 2.49 bits per heavy atom. The number of hydrogen-bond acceptors (Lipinski definition) is 5. The van der Waals surface area contributed by atoms with E-state index < -0.39 is 17.5 Å². The fourth-order valence-corrected chi connectivity index (χ4v) is 4.84. The first kappa shape index (κ1) is 24.7. The zero-order valence-electron chi connectivity index (χ0n) is 20.4. The van der Waals surface area contributed by atoms with Gasteiger partial charge >= 0.3 is 0 Å². The number of rotatable bonds is 9. The Bertz CT molecular complexity index is 1190. The van der Waals surface area contributed by atoms with Gasteiger partial charge in [0.15, 0.2) is 5.56 Å². The van der Waals surface area contributed by atoms with Gasteiger partial charge in [0.1, 0.15) is 5.82 Å². The molecule has 1 N–H and O–H groups in total. The Hall–Kier alpha value is -3.45. The van der Waals surface area contributed by atoms with Gasteiger partial charge in [0.25, 0.3) is 11.5 Å². The van der Waals surface area contributed by atoms with E-state index in [0.717, 1.165) is 24.8 Å². The number of aromatic nitrogens is 2. The summed E-state index contributed by atoms with van der Waals surface area (Å²) in [7, 11) is 1.59. The van der Waals surface area contributed by atoms with Crippen molar-refractivity contribution in [3.05, 3.63) is 93.5 Å². The highest BCUT2D eigenvalue weighted by Gasteiger charge is 2.33. The van der Waals surface area contributed by atoms with Gasteiger partial charge in [0, 0.05) is 32.5 Å². The number of amides is 1. The second-order valence-electron chi connectivity index (χ2n) is 9.03. The quantitative estimate of drug-likeness (QED) is 0.502. The van der Waals surface area contributed by atoms with E-state index in [1.807, 2.05) is 48.5 Å². The molecule has 1 fully saturated rings. The van der Waals surface area contributed by atoms with Crippen LogP contribution < -0.4 is 5.56 Å². The van der Waals surface area contributed by atoms with Crippen LogP contribution in [0.2, 0.25) is 0 Å². The Labute approximate surface area is 206 Å². The third kappa shape index (κ3) is 5.30. The van der Waals surface area contributed by atoms with Crippen molar-refractivity contribution in [1.29, 1.82) is 0 Å². The maximum absolute atomic E-state index is 13.5. The molecular formula is C28H33N3O4. The highest BCUT2D eigenvalue weighted by Crippen LogP contribution is 2.31. The van der Waals surface area contributed by atoms with Gasteiger partial charge in [-0.05, 0) is 24.0 Å². The van der Waals surface area contributed by atoms with Crippen LogP contribution in [0.3, 0.4) is 0 Å². The summed E-state index contributed by atoms with van der Waals surface area (Å²) in [5, 5.41) is 11.4. The lowest BCUT2D eigenvalue weighted by Gasteiger charge is -2.26. The number of aromatic hydroxyl groups is 1. The van der Waals surface area contributed by atoms with Gasteiger partial charge in [0.2, 0.25) is 5.88 Å². The van der Waals surface area contributed by atoms with Crippen molar-refractivity contribution in [2.75, 3.05) is 26.8 Å². The summed E-state index contributed by atoms with van der Waals surface area (Å²) in [6, 6.07) is 19.3. The SMILES string of the molecule is CCCCc1nc(=O)c(C(=O)N2CC[C@H](c3ccccc3)C2)c(O)n1[C@H](COC)c1ccccc1. The van der Waals surface area contributed by atoms with Gasteiger partial charge in [-0.25, -0.2) is 0 Å². The van der Waals surface area contributed by atoms with Crippen LogP contribution in [0.1, 0.15) is 65.5 Å². The highest BCUT2D eigenvalue weighted by atomic mass is 16.5. The number of ether oxygens (including phenoxy) is 1. The van der Waals surface area contributed by atoms with Crippen LogP contribution in [0.4, 0.5) is 0 Å². The van der Waals surface area contributed by atoms with Crippen LogP contribution in [0.5, 0.6) is 5.88 Å². The highest BCUT2D eigenvalue weighted by molar-refractivity contribution is 5.96. The summed E-state index contributed by atoms with van der Waals surface area (Å²) in [4.78, 5) is 32.6. The molecule has 1 aliphatic rings. The molecule has 2 heterocycles. The van der Waals surface area contributed by atoms with Gasteiger partial charge in [-0.1, -0.05) is 74.0 Å². The standard InChI is InChI=1S/C28H33N3O4/c1-3-4-15-24-29-26(32)25(27(33)30-17-16-22(18-30)20-11-7-5-8-12-20)28(34)31(24)23(19-35-2)21-13-9-6-10-14-21/h5-14,22-23,34H,3-4,15-19H2,1-2H3/t22-,23+/m0/s1. The normalized spacial score (nSPS) is 16.4. The lowest BCUT2D eigenvalue weighted by atomic mass is 9.99. The van der Waals surface area contributed by atoms with Gasteiger partial charge in [-0.15, -0.1) is 0 Å². The predicted molar refractivity (Wildman–Crippen MR) is 135 cm³/mol. The van der Waals surface area contributed by atoms with E-state index >= 15 is 0 Å². The van der Waals surface area contributed by atoms with E-state index in [1.165, 1.54) is 5.56 Å². The molecule has 0 spiro atoms. The molecule has 1 amide bonds. The number of nitrogens with zero attached hydrogens (tertiary/aromatic N) is 3. The van der Waals surface area contributed by atoms with Gasteiger partial charge in [-0.2, -0.15) is 4.98 Å². The second-order valence-corrected chi connectivity index (χ2v) is 9.03. The average molecular weight is 476 g/mol. The second kappa shape index (κ2) is 11.3. The summed E-state index contributed by atoms with van der Waals surface area (Å²) in [6.45, 7) is 3.34. The molecular weight excluding hydrogens is 442 g/mol. The lowest BCUT2D eigenvalue weighted by molar-refractivity contribution is 0.0782. The molecule has 2 aromatic carbocycles. The van der Waals surface area contributed by atoms with Gasteiger partial charge < -0.3 is 14.7 Å². The van der Waals surface area contributed by atoms with E-state index in [2.05, 4.69) is 24.0 Å². The van der Waals surface area contributed by atoms with Crippen molar-refractivity contribution in [2.24, 2.45) is 0 Å². The smallest absolute Gasteiger partial charge is 0.289 e. The molecule has 1 saturated heterocycles. The number of hydrogen-bond donors (Lipinski definition) is 1. The summed E-state index contributed by atoms with van der Waals surface area (Å²) in [5.41, 5.74) is 1.12. The van der Waals surface area contributed by atoms with Crippen LogP contribution in [0.15, 0.2) is 65.5 Å². The van der Waals surface area contributed by atoms with Crippen molar-refractivity contribution in [1.82, 2.24) is 14.5 Å². The fraction of sp³-hybridized carbons (Fsp3) is 0.393. The Kier molecular flexibility index (Phi) is 7.98. The minimum atomic E-state index is -0.678. The molecule has 1 aliphatic heterocycles. The van der Waals surface area contributed by atoms with E-state index in [4.69, 9.17) is 4.74 Å². The molecule has 2 atom stereocenters. The maximum Gasteiger partial charge on any atom is 0.289 e. The van der Waals surface area contributed by atoms with E-state index in [1.54, 1.807) is 16.6 Å². The first-order chi connectivity index (χ1) is 17.0. The number of unbranched alkanes of at least 4 members (excludes halogenated alkanes) is 1. The molecule has 35 heavy (non-hydrogen) atoms. The predicted octanol–water partition coefficient (Wildman–Crippen LogP) is 4.16. The fourth-order valence-electron chi connectivity index (χ4n) is 4.84. The molecule has 4 rings (SSSR count). The third-order valence-electron chi connectivity index (χ3n) is 6.71. The maximum atomic E-state index is 13.5. The van der Waals surface area contributed by atoms with Crippen LogP contribution in [0.25, 0.3) is 0 Å². The number of methoxy groups -OCH3 is 1. The minimum absolute atomic E-state index is 0.201. The lowest BCUT2D eigenvalue weighted by Crippen LogP contribution is -2.36. The molecule has 1 aromatic heterocycles. The van der Waals surface area contributed by atoms with Crippen LogP contribution in [-0.4, -0.2) is 52.3 Å². The Morgan fingerprint density at radius 2 is 1.83 bits per heavy atom. The molecule has 7 heteroatoms. The molecule has 7 nitrogen and oxygen atoms in total. The van der Waals surface area contributed by atoms with Gasteiger partial charge in [0.05, 0.1) is 12.6 Å². The Morgan fingerprint density at radius 1 is 1.14 bits per heavy atom. The summed E-state index contributed by atoms with van der Waals surface area (Å²) in [6.07, 6.45) is 3.04. The average Bonchev–Trinajstić information content (AvgIpc) is 3.38. The molecule has 0 radical (unpaired) electrons. The van der Waals surface area contributed by atoms with Crippen LogP contribution in [0, 0.1) is 0 Å². The van der Waals surface area contributed by atoms with Crippen LogP contribution >= 0.6 is 0 Å². The molecule has 0 bridgehead atoms. The van der Waals surface area contributed by atoms with Crippen molar-refractivity contribution < 1.29 is 14.6 Å². The third-order valence-corrected chi connectivity index (χ3v) is 6.71. The monoisotopic (exact) mass is 475 g/mol. The van der Waals surface area contributed by atoms with E-state index in [9.17, 15) is 14.7 Å². The number of likely N-dealkylation sites (tertiary alicyclic amines) is 1. The van der Waals surface area contributed by atoms with Gasteiger partial charge in [-0.3, -0.25) is 14.2 Å². The van der Waals surface area contributed by atoms with Crippen molar-refractivity contribution in [3.8, 4) is 5.88 Å². The number of aryl methyl sites for hydroxylation is 1. The topological polar surface area (TPSA) is 84.7 Å². The zero-order chi connectivity index (χ0) is 24.8. The summed E-state index contributed by atoms with van der Waals surface area (Å²) in [5.74, 6) is -0.152. The molecule has 0 unspecified atom stereocenters. The Balaban J connectivity index is 1.74. The van der Waals surface area contributed by atoms with Crippen molar-refractivity contribution >= 4 is 5.91 Å². The number of carbonyl (C=O) groups excluding carboxylic acids is 1. The van der Waals surface area contributed by atoms with E-state index in [-0.39, 0.29) is 24.0 Å². The molecule has 184 valence electrons.